The highest BCUT2D eigenvalue weighted by Crippen LogP contribution is 2.28. The summed E-state index contributed by atoms with van der Waals surface area (Å²) in [6.45, 7) is 6.74. The Morgan fingerprint density at radius 1 is 1.20 bits per heavy atom. The lowest BCUT2D eigenvalue weighted by atomic mass is 9.82. The summed E-state index contributed by atoms with van der Waals surface area (Å²) in [6, 6.07) is 5.14. The van der Waals surface area contributed by atoms with Crippen LogP contribution in [-0.4, -0.2) is 22.8 Å². The van der Waals surface area contributed by atoms with Gasteiger partial charge >= 0.3 is 0 Å². The lowest BCUT2D eigenvalue weighted by Gasteiger charge is -2.27. The molecule has 5 nitrogen and oxygen atoms in total. The van der Waals surface area contributed by atoms with Crippen LogP contribution in [0.2, 0.25) is 0 Å². The van der Waals surface area contributed by atoms with Gasteiger partial charge in [0.1, 0.15) is 6.04 Å². The molecule has 2 amide bonds. The molecule has 0 spiro atoms. The van der Waals surface area contributed by atoms with Crippen LogP contribution in [-0.2, 0) is 16.1 Å². The second kappa shape index (κ2) is 9.54. The van der Waals surface area contributed by atoms with Crippen molar-refractivity contribution in [1.29, 1.82) is 0 Å². The Morgan fingerprint density at radius 3 is 2.52 bits per heavy atom. The molecular formula is C20H31N3O2. The zero-order valence-corrected chi connectivity index (χ0v) is 15.6. The first-order valence-electron chi connectivity index (χ1n) is 9.43. The molecule has 138 valence electrons. The van der Waals surface area contributed by atoms with Gasteiger partial charge in [-0.3, -0.25) is 14.6 Å². The van der Waals surface area contributed by atoms with Gasteiger partial charge in [-0.2, -0.15) is 0 Å². The maximum absolute atomic E-state index is 12.6. The topological polar surface area (TPSA) is 71.1 Å². The van der Waals surface area contributed by atoms with Crippen molar-refractivity contribution < 1.29 is 9.59 Å². The minimum Gasteiger partial charge on any atom is -0.349 e. The van der Waals surface area contributed by atoms with Crippen LogP contribution < -0.4 is 10.6 Å². The molecule has 1 saturated carbocycles. The van der Waals surface area contributed by atoms with Crippen molar-refractivity contribution in [3.63, 3.8) is 0 Å². The summed E-state index contributed by atoms with van der Waals surface area (Å²) in [5, 5.41) is 5.90. The fraction of sp³-hybridized carbons (Fsp3) is 0.650. The van der Waals surface area contributed by atoms with Gasteiger partial charge in [-0.25, -0.2) is 0 Å². The molecule has 2 N–H and O–H groups in total. The lowest BCUT2D eigenvalue weighted by molar-refractivity contribution is -0.132. The second-order valence-corrected chi connectivity index (χ2v) is 7.69. The van der Waals surface area contributed by atoms with Crippen molar-refractivity contribution >= 4 is 11.8 Å². The van der Waals surface area contributed by atoms with Gasteiger partial charge in [-0.1, -0.05) is 26.8 Å². The zero-order chi connectivity index (χ0) is 18.2. The van der Waals surface area contributed by atoms with Gasteiger partial charge in [0.15, 0.2) is 0 Å². The minimum absolute atomic E-state index is 0.0329. The maximum Gasteiger partial charge on any atom is 0.242 e. The SMILES string of the molecule is CC(C)C[C@H](NC(=O)C1CCC(C)CC1)C(=O)NCc1ccccn1. The Balaban J connectivity index is 1.90. The van der Waals surface area contributed by atoms with E-state index in [-0.39, 0.29) is 17.7 Å². The zero-order valence-electron chi connectivity index (χ0n) is 15.6. The van der Waals surface area contributed by atoms with Crippen LogP contribution in [0.3, 0.4) is 0 Å². The van der Waals surface area contributed by atoms with Crippen LogP contribution in [0, 0.1) is 17.8 Å². The van der Waals surface area contributed by atoms with E-state index >= 15 is 0 Å². The number of hydrogen-bond acceptors (Lipinski definition) is 3. The molecule has 2 rings (SSSR count). The number of amides is 2. The van der Waals surface area contributed by atoms with Crippen LogP contribution in [0.5, 0.6) is 0 Å². The Kier molecular flexibility index (Phi) is 7.41. The summed E-state index contributed by atoms with van der Waals surface area (Å²) in [5.74, 6) is 0.992. The molecule has 1 fully saturated rings. The summed E-state index contributed by atoms with van der Waals surface area (Å²) in [5.41, 5.74) is 0.812. The first kappa shape index (κ1) is 19.4. The van der Waals surface area contributed by atoms with Crippen molar-refractivity contribution in [3.8, 4) is 0 Å². The molecular weight excluding hydrogens is 314 g/mol. The van der Waals surface area contributed by atoms with E-state index in [1.165, 1.54) is 0 Å². The molecule has 1 aliphatic rings. The molecule has 1 aromatic rings. The monoisotopic (exact) mass is 345 g/mol. The molecule has 0 aromatic carbocycles. The van der Waals surface area contributed by atoms with Crippen LogP contribution in [0.4, 0.5) is 0 Å². The molecule has 0 unspecified atom stereocenters. The highest BCUT2D eigenvalue weighted by atomic mass is 16.2. The Labute approximate surface area is 151 Å². The summed E-state index contributed by atoms with van der Waals surface area (Å²) in [7, 11) is 0. The van der Waals surface area contributed by atoms with Crippen molar-refractivity contribution in [2.75, 3.05) is 0 Å². The Hall–Kier alpha value is -1.91. The number of carbonyl (C=O) groups excluding carboxylic acids is 2. The molecule has 0 aliphatic heterocycles. The fourth-order valence-electron chi connectivity index (χ4n) is 3.32. The average Bonchev–Trinajstić information content (AvgIpc) is 2.60. The van der Waals surface area contributed by atoms with Gasteiger partial charge in [0.2, 0.25) is 11.8 Å². The van der Waals surface area contributed by atoms with Gasteiger partial charge in [0, 0.05) is 12.1 Å². The van der Waals surface area contributed by atoms with Crippen LogP contribution in [0.1, 0.15) is 58.6 Å². The molecule has 0 saturated heterocycles. The molecule has 0 bridgehead atoms. The number of nitrogens with zero attached hydrogens (tertiary/aromatic N) is 1. The molecule has 1 atom stereocenters. The van der Waals surface area contributed by atoms with E-state index in [4.69, 9.17) is 0 Å². The number of hydrogen-bond donors (Lipinski definition) is 2. The predicted octanol–water partition coefficient (Wildman–Crippen LogP) is 3.06. The molecule has 1 heterocycles. The van der Waals surface area contributed by atoms with E-state index < -0.39 is 6.04 Å². The molecule has 1 aliphatic carbocycles. The summed E-state index contributed by atoms with van der Waals surface area (Å²) < 4.78 is 0. The number of pyridine rings is 1. The maximum atomic E-state index is 12.6. The first-order valence-corrected chi connectivity index (χ1v) is 9.43. The van der Waals surface area contributed by atoms with Gasteiger partial charge in [0.05, 0.1) is 12.2 Å². The molecule has 1 aromatic heterocycles. The van der Waals surface area contributed by atoms with Gasteiger partial charge in [-0.15, -0.1) is 0 Å². The quantitative estimate of drug-likeness (QED) is 0.798. The fourth-order valence-corrected chi connectivity index (χ4v) is 3.32. The third kappa shape index (κ3) is 6.48. The van der Waals surface area contributed by atoms with E-state index in [1.54, 1.807) is 6.20 Å². The number of nitrogens with one attached hydrogen (secondary N) is 2. The van der Waals surface area contributed by atoms with Gasteiger partial charge in [-0.05, 0) is 56.1 Å². The van der Waals surface area contributed by atoms with E-state index in [1.807, 2.05) is 18.2 Å². The highest BCUT2D eigenvalue weighted by molar-refractivity contribution is 5.88. The number of aromatic nitrogens is 1. The second-order valence-electron chi connectivity index (χ2n) is 7.69. The van der Waals surface area contributed by atoms with Crippen molar-refractivity contribution in [2.24, 2.45) is 17.8 Å². The van der Waals surface area contributed by atoms with Crippen molar-refractivity contribution in [1.82, 2.24) is 15.6 Å². The van der Waals surface area contributed by atoms with Gasteiger partial charge in [0.25, 0.3) is 0 Å². The summed E-state index contributed by atoms with van der Waals surface area (Å²) in [4.78, 5) is 29.4. The third-order valence-corrected chi connectivity index (χ3v) is 4.90. The molecule has 0 radical (unpaired) electrons. The molecule has 25 heavy (non-hydrogen) atoms. The van der Waals surface area contributed by atoms with E-state index in [0.29, 0.717) is 24.8 Å². The van der Waals surface area contributed by atoms with Crippen molar-refractivity contribution in [3.05, 3.63) is 30.1 Å². The van der Waals surface area contributed by atoms with E-state index in [0.717, 1.165) is 31.4 Å². The average molecular weight is 345 g/mol. The normalized spacial score (nSPS) is 21.6. The Morgan fingerprint density at radius 2 is 1.92 bits per heavy atom. The van der Waals surface area contributed by atoms with Crippen LogP contribution in [0.15, 0.2) is 24.4 Å². The standard InChI is InChI=1S/C20H31N3O2/c1-14(2)12-18(20(25)22-13-17-6-4-5-11-21-17)23-19(24)16-9-7-15(3)8-10-16/h4-6,11,14-16,18H,7-10,12-13H2,1-3H3,(H,22,25)(H,23,24)/t15?,16?,18-/m0/s1. The summed E-state index contributed by atoms with van der Waals surface area (Å²) >= 11 is 0. The summed E-state index contributed by atoms with van der Waals surface area (Å²) in [6.07, 6.45) is 6.40. The van der Waals surface area contributed by atoms with E-state index in [2.05, 4.69) is 36.4 Å². The lowest BCUT2D eigenvalue weighted by Crippen LogP contribution is -2.49. The van der Waals surface area contributed by atoms with Crippen LogP contribution in [0.25, 0.3) is 0 Å². The molecule has 5 heteroatoms. The largest absolute Gasteiger partial charge is 0.349 e. The smallest absolute Gasteiger partial charge is 0.242 e. The van der Waals surface area contributed by atoms with Crippen LogP contribution >= 0.6 is 0 Å². The predicted molar refractivity (Wildman–Crippen MR) is 98.6 cm³/mol. The van der Waals surface area contributed by atoms with Gasteiger partial charge < -0.3 is 10.6 Å². The Bertz CT molecular complexity index is 551. The van der Waals surface area contributed by atoms with E-state index in [9.17, 15) is 9.59 Å². The number of carbonyl (C=O) groups is 2. The minimum atomic E-state index is -0.476. The third-order valence-electron chi connectivity index (χ3n) is 4.90. The highest BCUT2D eigenvalue weighted by Gasteiger charge is 2.28. The van der Waals surface area contributed by atoms with Crippen molar-refractivity contribution in [2.45, 2.75) is 65.5 Å². The number of rotatable bonds is 7. The first-order chi connectivity index (χ1) is 12.0.